The summed E-state index contributed by atoms with van der Waals surface area (Å²) >= 11 is 1.83. The number of carbonyl (C=O) groups excluding carboxylic acids is 1. The lowest BCUT2D eigenvalue weighted by Gasteiger charge is -2.43. The fourth-order valence-electron chi connectivity index (χ4n) is 6.31. The van der Waals surface area contributed by atoms with Crippen molar-refractivity contribution in [3.8, 4) is 0 Å². The SMILES string of the molecule is COC(=O)C12CN(Cc3ccccc3)CC1C(c1cc3ccccc3s1)=CCC2c1ccccc1. The minimum atomic E-state index is -0.620. The van der Waals surface area contributed by atoms with E-state index in [0.29, 0.717) is 6.54 Å². The van der Waals surface area contributed by atoms with Gasteiger partial charge < -0.3 is 4.74 Å². The Morgan fingerprint density at radius 2 is 1.69 bits per heavy atom. The fraction of sp³-hybridized carbons (Fsp3) is 0.258. The van der Waals surface area contributed by atoms with Gasteiger partial charge in [-0.2, -0.15) is 0 Å². The van der Waals surface area contributed by atoms with E-state index in [1.807, 2.05) is 17.4 Å². The van der Waals surface area contributed by atoms with Gasteiger partial charge in [0.1, 0.15) is 0 Å². The van der Waals surface area contributed by atoms with Crippen molar-refractivity contribution in [2.45, 2.75) is 18.9 Å². The fourth-order valence-corrected chi connectivity index (χ4v) is 7.47. The van der Waals surface area contributed by atoms with Crippen LogP contribution in [-0.2, 0) is 16.1 Å². The van der Waals surface area contributed by atoms with Gasteiger partial charge in [-0.25, -0.2) is 0 Å². The molecule has 3 atom stereocenters. The lowest BCUT2D eigenvalue weighted by atomic mass is 9.59. The van der Waals surface area contributed by atoms with Crippen molar-refractivity contribution in [1.29, 1.82) is 0 Å². The number of ether oxygens (including phenoxy) is 1. The predicted octanol–water partition coefficient (Wildman–Crippen LogP) is 6.76. The second-order valence-corrected chi connectivity index (χ2v) is 10.8. The van der Waals surface area contributed by atoms with Gasteiger partial charge >= 0.3 is 5.97 Å². The first kappa shape index (κ1) is 22.3. The molecule has 3 unspecified atom stereocenters. The maximum Gasteiger partial charge on any atom is 0.314 e. The molecular weight excluding hydrogens is 450 g/mol. The van der Waals surface area contributed by atoms with Crippen molar-refractivity contribution < 1.29 is 9.53 Å². The lowest BCUT2D eigenvalue weighted by Crippen LogP contribution is -2.47. The van der Waals surface area contributed by atoms with Gasteiger partial charge in [-0.1, -0.05) is 84.9 Å². The van der Waals surface area contributed by atoms with E-state index in [2.05, 4.69) is 95.9 Å². The molecule has 2 heterocycles. The summed E-state index contributed by atoms with van der Waals surface area (Å²) in [6.45, 7) is 2.37. The molecule has 0 radical (unpaired) electrons. The molecule has 1 aliphatic heterocycles. The van der Waals surface area contributed by atoms with Crippen LogP contribution in [0.1, 0.15) is 28.3 Å². The molecule has 176 valence electrons. The molecule has 4 heteroatoms. The number of nitrogens with zero attached hydrogens (tertiary/aromatic N) is 1. The second kappa shape index (κ2) is 9.10. The first-order valence-corrected chi connectivity index (χ1v) is 13.1. The van der Waals surface area contributed by atoms with E-state index in [1.54, 1.807) is 7.11 Å². The van der Waals surface area contributed by atoms with Crippen molar-refractivity contribution in [2.24, 2.45) is 11.3 Å². The van der Waals surface area contributed by atoms with E-state index in [4.69, 9.17) is 4.74 Å². The van der Waals surface area contributed by atoms with Crippen LogP contribution in [-0.4, -0.2) is 31.1 Å². The summed E-state index contributed by atoms with van der Waals surface area (Å²) in [5.41, 5.74) is 3.18. The highest BCUT2D eigenvalue weighted by Gasteiger charge is 2.60. The lowest BCUT2D eigenvalue weighted by molar-refractivity contribution is -0.155. The first-order valence-electron chi connectivity index (χ1n) is 12.3. The van der Waals surface area contributed by atoms with Crippen molar-refractivity contribution in [1.82, 2.24) is 4.90 Å². The van der Waals surface area contributed by atoms with Crippen LogP contribution >= 0.6 is 11.3 Å². The van der Waals surface area contributed by atoms with Crippen molar-refractivity contribution in [2.75, 3.05) is 20.2 Å². The van der Waals surface area contributed by atoms with Crippen LogP contribution in [0.15, 0.2) is 97.1 Å². The van der Waals surface area contributed by atoms with Crippen LogP contribution in [0.25, 0.3) is 15.7 Å². The van der Waals surface area contributed by atoms with E-state index in [-0.39, 0.29) is 17.8 Å². The summed E-state index contributed by atoms with van der Waals surface area (Å²) < 4.78 is 6.89. The Morgan fingerprint density at radius 1 is 0.971 bits per heavy atom. The predicted molar refractivity (Wildman–Crippen MR) is 143 cm³/mol. The molecule has 35 heavy (non-hydrogen) atoms. The zero-order valence-corrected chi connectivity index (χ0v) is 20.7. The number of likely N-dealkylation sites (tertiary alicyclic amines) is 1. The molecule has 0 bridgehead atoms. The molecule has 0 spiro atoms. The molecule has 6 rings (SSSR count). The third-order valence-electron chi connectivity index (χ3n) is 7.84. The Bertz CT molecular complexity index is 1340. The van der Waals surface area contributed by atoms with E-state index >= 15 is 0 Å². The maximum absolute atomic E-state index is 13.8. The zero-order valence-electron chi connectivity index (χ0n) is 19.9. The number of carbonyl (C=O) groups is 1. The number of esters is 1. The molecule has 3 nitrogen and oxygen atoms in total. The number of hydrogen-bond donors (Lipinski definition) is 0. The van der Waals surface area contributed by atoms with Gasteiger partial charge in [0.2, 0.25) is 0 Å². The van der Waals surface area contributed by atoms with Crippen molar-refractivity contribution in [3.05, 3.63) is 113 Å². The van der Waals surface area contributed by atoms with Gasteiger partial charge in [-0.05, 0) is 40.6 Å². The van der Waals surface area contributed by atoms with Crippen molar-refractivity contribution in [3.63, 3.8) is 0 Å². The van der Waals surface area contributed by atoms with Crippen LogP contribution in [0.3, 0.4) is 0 Å². The standard InChI is InChI=1S/C31H29NO2S/c1-34-30(33)31-21-32(19-22-10-4-2-5-11-22)20-27(31)25(16-17-26(31)23-12-6-3-7-13-23)29-18-24-14-8-9-15-28(24)35-29/h2-16,18,26-27H,17,19-21H2,1H3. The van der Waals surface area contributed by atoms with Crippen molar-refractivity contribution >= 4 is 33.0 Å². The Balaban J connectivity index is 1.47. The molecule has 4 aromatic rings. The molecule has 1 aliphatic carbocycles. The van der Waals surface area contributed by atoms with Gasteiger partial charge in [-0.3, -0.25) is 9.69 Å². The Kier molecular flexibility index (Phi) is 5.79. The van der Waals surface area contributed by atoms with E-state index < -0.39 is 5.41 Å². The second-order valence-electron chi connectivity index (χ2n) is 9.75. The monoisotopic (exact) mass is 479 g/mol. The van der Waals surface area contributed by atoms with Crippen LogP contribution < -0.4 is 0 Å². The van der Waals surface area contributed by atoms with Crippen LogP contribution in [0.4, 0.5) is 0 Å². The van der Waals surface area contributed by atoms with Gasteiger partial charge in [0, 0.05) is 41.0 Å². The zero-order chi connectivity index (χ0) is 23.8. The number of rotatable bonds is 5. The number of benzene rings is 3. The topological polar surface area (TPSA) is 29.5 Å². The third-order valence-corrected chi connectivity index (χ3v) is 9.01. The highest BCUT2D eigenvalue weighted by Crippen LogP contribution is 2.58. The number of fused-ring (bicyclic) bond motifs is 2. The summed E-state index contributed by atoms with van der Waals surface area (Å²) in [5.74, 6) is 0.0735. The molecule has 1 saturated heterocycles. The normalized spacial score (nSPS) is 24.2. The molecule has 1 aromatic heterocycles. The average molecular weight is 480 g/mol. The minimum Gasteiger partial charge on any atom is -0.469 e. The molecular formula is C31H29NO2S. The highest BCUT2D eigenvalue weighted by molar-refractivity contribution is 7.20. The van der Waals surface area contributed by atoms with Crippen LogP contribution in [0.5, 0.6) is 0 Å². The van der Waals surface area contributed by atoms with Gasteiger partial charge in [0.15, 0.2) is 0 Å². The van der Waals surface area contributed by atoms with E-state index in [9.17, 15) is 4.79 Å². The molecule has 0 amide bonds. The number of hydrogen-bond acceptors (Lipinski definition) is 4. The summed E-state index contributed by atoms with van der Waals surface area (Å²) in [5, 5.41) is 1.27. The average Bonchev–Trinajstić information content (AvgIpc) is 3.51. The summed E-state index contributed by atoms with van der Waals surface area (Å²) in [6.07, 6.45) is 3.23. The molecule has 0 N–H and O–H groups in total. The Morgan fingerprint density at radius 3 is 2.43 bits per heavy atom. The Hall–Kier alpha value is -3.21. The first-order chi connectivity index (χ1) is 17.2. The molecule has 1 fully saturated rings. The summed E-state index contributed by atoms with van der Waals surface area (Å²) in [7, 11) is 1.55. The third kappa shape index (κ3) is 3.81. The summed E-state index contributed by atoms with van der Waals surface area (Å²) in [6, 6.07) is 32.0. The van der Waals surface area contributed by atoms with E-state index in [1.165, 1.54) is 31.7 Å². The summed E-state index contributed by atoms with van der Waals surface area (Å²) in [4.78, 5) is 17.6. The Labute approximate surface area is 210 Å². The molecule has 0 saturated carbocycles. The van der Waals surface area contributed by atoms with Crippen LogP contribution in [0, 0.1) is 11.3 Å². The molecule has 3 aromatic carbocycles. The quantitative estimate of drug-likeness (QED) is 0.296. The molecule has 2 aliphatic rings. The van der Waals surface area contributed by atoms with Gasteiger partial charge in [0.05, 0.1) is 12.5 Å². The number of methoxy groups -OCH3 is 1. The number of allylic oxidation sites excluding steroid dienone is 1. The largest absolute Gasteiger partial charge is 0.469 e. The minimum absolute atomic E-state index is 0.0747. The number of thiophene rings is 1. The smallest absolute Gasteiger partial charge is 0.314 e. The maximum atomic E-state index is 13.8. The van der Waals surface area contributed by atoms with Gasteiger partial charge in [-0.15, -0.1) is 11.3 Å². The van der Waals surface area contributed by atoms with Crippen LogP contribution in [0.2, 0.25) is 0 Å². The van der Waals surface area contributed by atoms with Gasteiger partial charge in [0.25, 0.3) is 0 Å². The van der Waals surface area contributed by atoms with E-state index in [0.717, 1.165) is 19.5 Å². The highest BCUT2D eigenvalue weighted by atomic mass is 32.1.